The van der Waals surface area contributed by atoms with Gasteiger partial charge in [0, 0.05) is 26.2 Å². The molecule has 0 radical (unpaired) electrons. The zero-order valence-electron chi connectivity index (χ0n) is 12.9. The van der Waals surface area contributed by atoms with E-state index in [9.17, 15) is 9.59 Å². The van der Waals surface area contributed by atoms with Crippen molar-refractivity contribution in [3.05, 3.63) is 35.9 Å². The maximum absolute atomic E-state index is 12.1. The Morgan fingerprint density at radius 1 is 1.27 bits per heavy atom. The van der Waals surface area contributed by atoms with Gasteiger partial charge in [-0.25, -0.2) is 4.79 Å². The molecule has 1 aromatic rings. The van der Waals surface area contributed by atoms with E-state index in [0.29, 0.717) is 13.1 Å². The van der Waals surface area contributed by atoms with Gasteiger partial charge in [-0.15, -0.1) is 0 Å². The number of ether oxygens (including phenoxy) is 1. The van der Waals surface area contributed by atoms with Crippen LogP contribution in [0.1, 0.15) is 18.4 Å². The van der Waals surface area contributed by atoms with Crippen LogP contribution in [0.5, 0.6) is 0 Å². The van der Waals surface area contributed by atoms with Crippen molar-refractivity contribution in [1.82, 2.24) is 9.80 Å². The second-order valence-corrected chi connectivity index (χ2v) is 5.47. The van der Waals surface area contributed by atoms with E-state index in [1.165, 1.54) is 0 Å². The van der Waals surface area contributed by atoms with Crippen molar-refractivity contribution in [2.45, 2.75) is 25.5 Å². The van der Waals surface area contributed by atoms with Crippen molar-refractivity contribution < 1.29 is 14.3 Å². The summed E-state index contributed by atoms with van der Waals surface area (Å²) >= 11 is 0. The van der Waals surface area contributed by atoms with Crippen LogP contribution in [0.15, 0.2) is 30.3 Å². The Morgan fingerprint density at radius 3 is 2.50 bits per heavy atom. The molecule has 0 atom stereocenters. The van der Waals surface area contributed by atoms with Crippen LogP contribution < -0.4 is 5.73 Å². The highest BCUT2D eigenvalue weighted by molar-refractivity contribution is 5.78. The molecule has 1 heterocycles. The van der Waals surface area contributed by atoms with Gasteiger partial charge in [-0.05, 0) is 18.4 Å². The van der Waals surface area contributed by atoms with Crippen molar-refractivity contribution in [3.63, 3.8) is 0 Å². The van der Waals surface area contributed by atoms with E-state index in [1.54, 1.807) is 16.8 Å². The fraction of sp³-hybridized carbons (Fsp3) is 0.500. The number of carbonyl (C=O) groups excluding carboxylic acids is 2. The number of nitrogens with zero attached hydrogens (tertiary/aromatic N) is 2. The molecule has 1 aromatic carbocycles. The van der Waals surface area contributed by atoms with Crippen LogP contribution in [0.3, 0.4) is 0 Å². The van der Waals surface area contributed by atoms with Gasteiger partial charge in [-0.1, -0.05) is 30.3 Å². The predicted octanol–water partition coefficient (Wildman–Crippen LogP) is 1.20. The van der Waals surface area contributed by atoms with E-state index in [2.05, 4.69) is 0 Å². The van der Waals surface area contributed by atoms with E-state index < -0.39 is 0 Å². The molecule has 22 heavy (non-hydrogen) atoms. The lowest BCUT2D eigenvalue weighted by Crippen LogP contribution is -2.48. The minimum atomic E-state index is -0.326. The number of hydrogen-bond donors (Lipinski definition) is 1. The molecular formula is C16H23N3O3. The maximum Gasteiger partial charge on any atom is 0.410 e. The van der Waals surface area contributed by atoms with E-state index in [4.69, 9.17) is 10.5 Å². The average molecular weight is 305 g/mol. The van der Waals surface area contributed by atoms with Crippen LogP contribution in [0.25, 0.3) is 0 Å². The molecule has 1 saturated heterocycles. The Morgan fingerprint density at radius 2 is 1.91 bits per heavy atom. The number of amides is 2. The van der Waals surface area contributed by atoms with E-state index >= 15 is 0 Å². The molecule has 0 bridgehead atoms. The van der Waals surface area contributed by atoms with Gasteiger partial charge >= 0.3 is 6.09 Å². The minimum Gasteiger partial charge on any atom is -0.445 e. The van der Waals surface area contributed by atoms with Crippen molar-refractivity contribution in [3.8, 4) is 0 Å². The second kappa shape index (κ2) is 7.79. The zero-order chi connectivity index (χ0) is 15.9. The molecule has 6 heteroatoms. The summed E-state index contributed by atoms with van der Waals surface area (Å²) in [6.07, 6.45) is 1.18. The average Bonchev–Trinajstić information content (AvgIpc) is 2.59. The Kier molecular flexibility index (Phi) is 5.77. The third-order valence-corrected chi connectivity index (χ3v) is 4.03. The Bertz CT molecular complexity index is 499. The zero-order valence-corrected chi connectivity index (χ0v) is 12.9. The van der Waals surface area contributed by atoms with Gasteiger partial charge < -0.3 is 20.3 Å². The lowest BCUT2D eigenvalue weighted by atomic mass is 10.0. The Balaban J connectivity index is 1.78. The topological polar surface area (TPSA) is 75.9 Å². The molecule has 1 aliphatic rings. The number of carbonyl (C=O) groups is 2. The fourth-order valence-electron chi connectivity index (χ4n) is 2.60. The molecule has 0 unspecified atom stereocenters. The van der Waals surface area contributed by atoms with Crippen molar-refractivity contribution in [2.75, 3.05) is 26.7 Å². The third-order valence-electron chi connectivity index (χ3n) is 4.03. The second-order valence-electron chi connectivity index (χ2n) is 5.47. The summed E-state index contributed by atoms with van der Waals surface area (Å²) in [5.74, 6) is -0.0345. The van der Waals surface area contributed by atoms with Gasteiger partial charge in [0.2, 0.25) is 5.91 Å². The maximum atomic E-state index is 12.1. The Hall–Kier alpha value is -2.08. The minimum absolute atomic E-state index is 0.0345. The van der Waals surface area contributed by atoms with Gasteiger partial charge in [0.1, 0.15) is 6.61 Å². The first-order valence-electron chi connectivity index (χ1n) is 7.53. The number of likely N-dealkylation sites (tertiary alicyclic amines) is 1. The monoisotopic (exact) mass is 305 g/mol. The summed E-state index contributed by atoms with van der Waals surface area (Å²) in [7, 11) is 1.75. The molecule has 1 aliphatic heterocycles. The molecule has 120 valence electrons. The largest absolute Gasteiger partial charge is 0.445 e. The lowest BCUT2D eigenvalue weighted by Gasteiger charge is -2.36. The fourth-order valence-corrected chi connectivity index (χ4v) is 2.60. The molecule has 1 fully saturated rings. The van der Waals surface area contributed by atoms with Gasteiger partial charge in [-0.2, -0.15) is 0 Å². The highest BCUT2D eigenvalue weighted by Gasteiger charge is 2.27. The van der Waals surface area contributed by atoms with Crippen LogP contribution in [0, 0.1) is 0 Å². The summed E-state index contributed by atoms with van der Waals surface area (Å²) in [6, 6.07) is 9.70. The molecule has 2 N–H and O–H groups in total. The highest BCUT2D eigenvalue weighted by Crippen LogP contribution is 2.16. The molecule has 2 amide bonds. The SMILES string of the molecule is CN(C(=O)OCc1ccccc1)C1CCN(C(=O)CN)CC1. The molecule has 0 aromatic heterocycles. The first-order chi connectivity index (χ1) is 10.6. The molecule has 6 nitrogen and oxygen atoms in total. The number of hydrogen-bond acceptors (Lipinski definition) is 4. The third kappa shape index (κ3) is 4.21. The van der Waals surface area contributed by atoms with E-state index in [1.807, 2.05) is 30.3 Å². The predicted molar refractivity (Wildman–Crippen MR) is 83.0 cm³/mol. The van der Waals surface area contributed by atoms with E-state index in [0.717, 1.165) is 18.4 Å². The molecule has 0 aliphatic carbocycles. The smallest absolute Gasteiger partial charge is 0.410 e. The quantitative estimate of drug-likeness (QED) is 0.907. The van der Waals surface area contributed by atoms with Gasteiger partial charge in [0.15, 0.2) is 0 Å². The van der Waals surface area contributed by atoms with Crippen LogP contribution in [0.2, 0.25) is 0 Å². The first kappa shape index (κ1) is 16.3. The van der Waals surface area contributed by atoms with Crippen molar-refractivity contribution in [2.24, 2.45) is 5.73 Å². The van der Waals surface area contributed by atoms with E-state index in [-0.39, 0.29) is 31.2 Å². The number of rotatable bonds is 4. The van der Waals surface area contributed by atoms with Gasteiger partial charge in [0.25, 0.3) is 0 Å². The summed E-state index contributed by atoms with van der Waals surface area (Å²) in [5, 5.41) is 0. The van der Waals surface area contributed by atoms with Crippen LogP contribution in [-0.4, -0.2) is 54.5 Å². The highest BCUT2D eigenvalue weighted by atomic mass is 16.6. The van der Waals surface area contributed by atoms with Crippen LogP contribution in [-0.2, 0) is 16.1 Å². The molecular weight excluding hydrogens is 282 g/mol. The Labute approximate surface area is 130 Å². The molecule has 2 rings (SSSR count). The summed E-state index contributed by atoms with van der Waals surface area (Å²) < 4.78 is 5.32. The number of benzene rings is 1. The van der Waals surface area contributed by atoms with Crippen LogP contribution in [0.4, 0.5) is 4.79 Å². The van der Waals surface area contributed by atoms with Crippen molar-refractivity contribution >= 4 is 12.0 Å². The summed E-state index contributed by atoms with van der Waals surface area (Å²) in [4.78, 5) is 27.0. The number of piperidine rings is 1. The van der Waals surface area contributed by atoms with Crippen LogP contribution >= 0.6 is 0 Å². The first-order valence-corrected chi connectivity index (χ1v) is 7.53. The number of nitrogens with two attached hydrogens (primary N) is 1. The summed E-state index contributed by atoms with van der Waals surface area (Å²) in [5.41, 5.74) is 6.33. The van der Waals surface area contributed by atoms with Gasteiger partial charge in [0.05, 0.1) is 6.54 Å². The van der Waals surface area contributed by atoms with Gasteiger partial charge in [-0.3, -0.25) is 4.79 Å². The standard InChI is InChI=1S/C16H23N3O3/c1-18(14-7-9-19(10-8-14)15(20)11-17)16(21)22-12-13-5-3-2-4-6-13/h2-6,14H,7-12,17H2,1H3. The molecule has 0 spiro atoms. The lowest BCUT2D eigenvalue weighted by molar-refractivity contribution is -0.131. The normalized spacial score (nSPS) is 15.5. The molecule has 0 saturated carbocycles. The van der Waals surface area contributed by atoms with Crippen molar-refractivity contribution in [1.29, 1.82) is 0 Å². The summed E-state index contributed by atoms with van der Waals surface area (Å²) in [6.45, 7) is 1.59.